The van der Waals surface area contributed by atoms with E-state index in [-0.39, 0.29) is 17.5 Å². The summed E-state index contributed by atoms with van der Waals surface area (Å²) in [4.78, 5) is 41.2. The molecule has 2 saturated carbocycles. The van der Waals surface area contributed by atoms with Gasteiger partial charge in [0, 0.05) is 17.4 Å². The minimum absolute atomic E-state index is 0.164. The van der Waals surface area contributed by atoms with Crippen LogP contribution in [0.1, 0.15) is 24.5 Å². The van der Waals surface area contributed by atoms with Gasteiger partial charge in [-0.3, -0.25) is 19.3 Å². The molecular formula is C22H24N2O8. The number of carbonyl (C=O) groups is 3. The number of Topliss-reactive ketones (excluding diaryl/α,β-unsaturated/α-hetero) is 3. The molecule has 0 aromatic heterocycles. The first-order valence-electron chi connectivity index (χ1n) is 9.97. The van der Waals surface area contributed by atoms with Crippen LogP contribution in [0.15, 0.2) is 35.2 Å². The molecule has 4 rings (SSSR count). The molecule has 3 aliphatic carbocycles. The van der Waals surface area contributed by atoms with Gasteiger partial charge in [-0.2, -0.15) is 0 Å². The number of ketones is 3. The molecule has 0 bridgehead atoms. The first-order chi connectivity index (χ1) is 14.8. The van der Waals surface area contributed by atoms with Crippen LogP contribution in [-0.4, -0.2) is 73.5 Å². The highest BCUT2D eigenvalue weighted by atomic mass is 16.3. The summed E-state index contributed by atoms with van der Waals surface area (Å²) in [5.74, 6) is -8.00. The number of likely N-dealkylation sites (N-methyl/N-ethyl adjacent to an activating group) is 1. The van der Waals surface area contributed by atoms with E-state index in [0.717, 1.165) is 0 Å². The normalized spacial score (nSPS) is 36.1. The van der Waals surface area contributed by atoms with Crippen LogP contribution in [0.4, 0.5) is 0 Å². The molecule has 0 saturated heterocycles. The van der Waals surface area contributed by atoms with Gasteiger partial charge in [-0.15, -0.1) is 0 Å². The number of nitrogens with two attached hydrogens (primary N) is 1. The number of hydrogen-bond acceptors (Lipinski definition) is 10. The van der Waals surface area contributed by atoms with Crippen molar-refractivity contribution in [1.29, 1.82) is 0 Å². The van der Waals surface area contributed by atoms with Gasteiger partial charge in [0.1, 0.15) is 17.1 Å². The summed E-state index contributed by atoms with van der Waals surface area (Å²) >= 11 is 0. The summed E-state index contributed by atoms with van der Waals surface area (Å²) in [6.45, 7) is 1.40. The average molecular weight is 444 g/mol. The van der Waals surface area contributed by atoms with Crippen molar-refractivity contribution in [2.45, 2.75) is 30.6 Å². The standard InChI is InChI=1S/C22H24N2O8/c1-21(31)8-5-4-6-11(25)12(8)16(26)13-9(21)7-10-15(24(2)3)17(27)14(20(23)30)19(29)22(10,32)18(13)28/h4-6,9-10,15,25-26,30-32H,7,23H2,1-3H3/b20-14-. The molecule has 1 aromatic carbocycles. The first-order valence-corrected chi connectivity index (χ1v) is 9.97. The van der Waals surface area contributed by atoms with Crippen LogP contribution in [0, 0.1) is 11.8 Å². The molecule has 10 heteroatoms. The molecule has 170 valence electrons. The molecule has 0 heterocycles. The molecule has 7 N–H and O–H groups in total. The van der Waals surface area contributed by atoms with Crippen LogP contribution >= 0.6 is 0 Å². The molecule has 3 aliphatic rings. The van der Waals surface area contributed by atoms with Crippen LogP contribution in [0.2, 0.25) is 0 Å². The van der Waals surface area contributed by atoms with E-state index in [4.69, 9.17) is 5.73 Å². The SMILES string of the molecule is CN(C)C1C(=O)/C(=C(\N)O)C(=O)C2(O)C(=O)C3=C(O)c4c(O)cccc4C(C)(O)C3CC12. The first kappa shape index (κ1) is 22.0. The van der Waals surface area contributed by atoms with Gasteiger partial charge in [0.05, 0.1) is 17.2 Å². The molecular weight excluding hydrogens is 420 g/mol. The van der Waals surface area contributed by atoms with Gasteiger partial charge >= 0.3 is 0 Å². The Morgan fingerprint density at radius 1 is 1.12 bits per heavy atom. The Morgan fingerprint density at radius 3 is 2.31 bits per heavy atom. The smallest absolute Gasteiger partial charge is 0.211 e. The molecule has 32 heavy (non-hydrogen) atoms. The summed E-state index contributed by atoms with van der Waals surface area (Å²) in [7, 11) is 3.01. The van der Waals surface area contributed by atoms with Gasteiger partial charge in [-0.25, -0.2) is 0 Å². The molecule has 0 radical (unpaired) electrons. The summed E-state index contributed by atoms with van der Waals surface area (Å²) < 4.78 is 0. The number of aliphatic hydroxyl groups excluding tert-OH is 2. The molecule has 0 spiro atoms. The number of aliphatic hydroxyl groups is 4. The Morgan fingerprint density at radius 2 is 1.75 bits per heavy atom. The lowest BCUT2D eigenvalue weighted by Gasteiger charge is -2.53. The molecule has 1 aromatic rings. The Balaban J connectivity index is 2.03. The maximum Gasteiger partial charge on any atom is 0.211 e. The van der Waals surface area contributed by atoms with Crippen molar-refractivity contribution >= 4 is 23.1 Å². The largest absolute Gasteiger partial charge is 0.507 e. The highest BCUT2D eigenvalue weighted by Crippen LogP contribution is 2.56. The third-order valence-corrected chi connectivity index (χ3v) is 7.01. The van der Waals surface area contributed by atoms with Crippen LogP contribution in [0.25, 0.3) is 5.76 Å². The molecule has 10 nitrogen and oxygen atoms in total. The van der Waals surface area contributed by atoms with Crippen LogP contribution in [-0.2, 0) is 20.0 Å². The van der Waals surface area contributed by atoms with E-state index in [0.29, 0.717) is 0 Å². The molecule has 5 atom stereocenters. The van der Waals surface area contributed by atoms with Crippen molar-refractivity contribution in [3.05, 3.63) is 46.4 Å². The lowest BCUT2D eigenvalue weighted by atomic mass is 9.53. The Hall–Kier alpha value is -3.21. The van der Waals surface area contributed by atoms with Crippen molar-refractivity contribution in [1.82, 2.24) is 4.90 Å². The summed E-state index contributed by atoms with van der Waals surface area (Å²) in [5, 5.41) is 53.9. The van der Waals surface area contributed by atoms with E-state index in [1.165, 1.54) is 44.1 Å². The van der Waals surface area contributed by atoms with Crippen molar-refractivity contribution in [3.8, 4) is 5.75 Å². The Bertz CT molecular complexity index is 1140. The summed E-state index contributed by atoms with van der Waals surface area (Å²) in [6.07, 6.45) is -0.220. The fourth-order valence-corrected chi connectivity index (χ4v) is 5.49. The molecule has 2 fully saturated rings. The number of fused-ring (bicyclic) bond motifs is 3. The van der Waals surface area contributed by atoms with E-state index >= 15 is 0 Å². The maximum absolute atomic E-state index is 13.6. The second kappa shape index (κ2) is 6.64. The number of phenols is 1. The summed E-state index contributed by atoms with van der Waals surface area (Å²) in [5.41, 5.74) is -0.589. The highest BCUT2D eigenvalue weighted by molar-refractivity contribution is 6.35. The van der Waals surface area contributed by atoms with E-state index in [1.54, 1.807) is 0 Å². The Labute approximate surface area is 182 Å². The van der Waals surface area contributed by atoms with Gasteiger partial charge in [0.15, 0.2) is 17.3 Å². The minimum atomic E-state index is -2.82. The van der Waals surface area contributed by atoms with E-state index in [2.05, 4.69) is 0 Å². The van der Waals surface area contributed by atoms with Gasteiger partial charge in [0.25, 0.3) is 0 Å². The van der Waals surface area contributed by atoms with Crippen molar-refractivity contribution in [2.24, 2.45) is 17.6 Å². The number of nitrogens with zero attached hydrogens (tertiary/aromatic N) is 1. The lowest BCUT2D eigenvalue weighted by molar-refractivity contribution is -0.169. The maximum atomic E-state index is 13.6. The highest BCUT2D eigenvalue weighted by Gasteiger charge is 2.68. The van der Waals surface area contributed by atoms with Gasteiger partial charge < -0.3 is 31.3 Å². The zero-order valence-corrected chi connectivity index (χ0v) is 17.7. The van der Waals surface area contributed by atoms with Crippen LogP contribution in [0.3, 0.4) is 0 Å². The van der Waals surface area contributed by atoms with Crippen LogP contribution < -0.4 is 5.73 Å². The Kier molecular flexibility index (Phi) is 4.57. The van der Waals surface area contributed by atoms with Gasteiger partial charge in [-0.05, 0) is 39.1 Å². The zero-order valence-electron chi connectivity index (χ0n) is 17.7. The second-order valence-corrected chi connectivity index (χ2v) is 8.96. The second-order valence-electron chi connectivity index (χ2n) is 8.96. The number of phenolic OH excluding ortho intramolecular Hbond substituents is 1. The molecule has 0 amide bonds. The number of carbonyl (C=O) groups excluding carboxylic acids is 3. The van der Waals surface area contributed by atoms with Gasteiger partial charge in [-0.1, -0.05) is 12.1 Å². The topological polar surface area (TPSA) is 182 Å². The fraction of sp³-hybridized carbons (Fsp3) is 0.409. The molecule has 5 unspecified atom stereocenters. The minimum Gasteiger partial charge on any atom is -0.507 e. The van der Waals surface area contributed by atoms with E-state index in [1.807, 2.05) is 0 Å². The number of benzene rings is 1. The average Bonchev–Trinajstić information content (AvgIpc) is 2.68. The van der Waals surface area contributed by atoms with Gasteiger partial charge in [0.2, 0.25) is 11.6 Å². The lowest BCUT2D eigenvalue weighted by Crippen LogP contribution is -2.70. The summed E-state index contributed by atoms with van der Waals surface area (Å²) in [6, 6.07) is 3.00. The zero-order chi connectivity index (χ0) is 23.9. The van der Waals surface area contributed by atoms with Crippen molar-refractivity contribution in [3.63, 3.8) is 0 Å². The van der Waals surface area contributed by atoms with E-state index < -0.39 is 75.0 Å². The van der Waals surface area contributed by atoms with E-state index in [9.17, 15) is 39.9 Å². The predicted molar refractivity (Wildman–Crippen MR) is 110 cm³/mol. The van der Waals surface area contributed by atoms with Crippen molar-refractivity contribution < 1.29 is 39.9 Å². The number of rotatable bonds is 1. The third kappa shape index (κ3) is 2.48. The number of hydrogen-bond donors (Lipinski definition) is 6. The monoisotopic (exact) mass is 444 g/mol. The third-order valence-electron chi connectivity index (χ3n) is 7.01. The van der Waals surface area contributed by atoms with Crippen LogP contribution in [0.5, 0.6) is 5.75 Å². The number of aromatic hydroxyl groups is 1. The molecule has 0 aliphatic heterocycles. The fourth-order valence-electron chi connectivity index (χ4n) is 5.49. The predicted octanol–water partition coefficient (Wildman–Crippen LogP) is -0.371. The quantitative estimate of drug-likeness (QED) is 0.145. The van der Waals surface area contributed by atoms with Crippen molar-refractivity contribution in [2.75, 3.05) is 14.1 Å².